The molecule has 3 heterocycles. The molecule has 0 aliphatic carbocycles. The second kappa shape index (κ2) is 9.22. The van der Waals surface area contributed by atoms with Crippen LogP contribution < -0.4 is 10.1 Å². The number of ether oxygens (including phenoxy) is 1. The minimum absolute atomic E-state index is 0.0767. The van der Waals surface area contributed by atoms with Gasteiger partial charge in [0.2, 0.25) is 5.88 Å². The summed E-state index contributed by atoms with van der Waals surface area (Å²) in [5.74, 6) is 0.808. The van der Waals surface area contributed by atoms with E-state index in [-0.39, 0.29) is 18.2 Å². The van der Waals surface area contributed by atoms with E-state index in [1.165, 1.54) is 0 Å². The topological polar surface area (TPSA) is 126 Å². The standard InChI is InChI=1S/C26H22N6O3/c1-15-12-29-18(13-28-15)14-30-25(34)17-5-7-21-22(11-17)32-24(31-21)20-10-16(6-8-23(20)33)19-4-3-9-27-26(19)35-2/h3-13,33H,14H2,1-2H3,(H,30,34)(H,31,32). The minimum Gasteiger partial charge on any atom is -0.507 e. The van der Waals surface area contributed by atoms with Gasteiger partial charge in [0.1, 0.15) is 11.6 Å². The number of hydrogen-bond acceptors (Lipinski definition) is 7. The van der Waals surface area contributed by atoms with Gasteiger partial charge in [-0.2, -0.15) is 0 Å². The number of aromatic hydroxyl groups is 1. The number of aromatic amines is 1. The highest BCUT2D eigenvalue weighted by Crippen LogP contribution is 2.35. The number of nitrogens with zero attached hydrogens (tertiary/aromatic N) is 4. The Bertz CT molecular complexity index is 1530. The molecule has 5 aromatic rings. The summed E-state index contributed by atoms with van der Waals surface area (Å²) in [5, 5.41) is 13.4. The predicted octanol–water partition coefficient (Wildman–Crippen LogP) is 4.03. The van der Waals surface area contributed by atoms with Gasteiger partial charge in [0, 0.05) is 23.5 Å². The monoisotopic (exact) mass is 466 g/mol. The molecule has 174 valence electrons. The summed E-state index contributed by atoms with van der Waals surface area (Å²) in [7, 11) is 1.56. The Hall–Kier alpha value is -4.79. The number of methoxy groups -OCH3 is 1. The number of amides is 1. The highest BCUT2D eigenvalue weighted by atomic mass is 16.5. The lowest BCUT2D eigenvalue weighted by Crippen LogP contribution is -2.23. The van der Waals surface area contributed by atoms with Crippen molar-refractivity contribution in [2.24, 2.45) is 0 Å². The Morgan fingerprint density at radius 2 is 1.94 bits per heavy atom. The van der Waals surface area contributed by atoms with Gasteiger partial charge in [-0.3, -0.25) is 14.8 Å². The molecule has 0 bridgehead atoms. The van der Waals surface area contributed by atoms with E-state index in [9.17, 15) is 9.90 Å². The van der Waals surface area contributed by atoms with E-state index < -0.39 is 0 Å². The van der Waals surface area contributed by atoms with Gasteiger partial charge >= 0.3 is 0 Å². The number of carbonyl (C=O) groups excluding carboxylic acids is 1. The fourth-order valence-electron chi connectivity index (χ4n) is 3.73. The lowest BCUT2D eigenvalue weighted by Gasteiger charge is -2.09. The zero-order valence-electron chi connectivity index (χ0n) is 19.1. The van der Waals surface area contributed by atoms with E-state index in [2.05, 4.69) is 30.2 Å². The third-order valence-electron chi connectivity index (χ3n) is 5.54. The van der Waals surface area contributed by atoms with E-state index in [0.29, 0.717) is 39.6 Å². The van der Waals surface area contributed by atoms with Gasteiger partial charge in [0.25, 0.3) is 5.91 Å². The van der Waals surface area contributed by atoms with Crippen LogP contribution in [0.3, 0.4) is 0 Å². The molecule has 0 saturated carbocycles. The maximum absolute atomic E-state index is 12.7. The van der Waals surface area contributed by atoms with Crippen molar-refractivity contribution in [1.82, 2.24) is 30.2 Å². The van der Waals surface area contributed by atoms with Crippen LogP contribution in [-0.4, -0.2) is 43.0 Å². The molecule has 0 atom stereocenters. The summed E-state index contributed by atoms with van der Waals surface area (Å²) in [5.41, 5.74) is 5.45. The number of pyridine rings is 1. The predicted molar refractivity (Wildman–Crippen MR) is 131 cm³/mol. The quantitative estimate of drug-likeness (QED) is 0.345. The summed E-state index contributed by atoms with van der Waals surface area (Å²) in [6.45, 7) is 2.13. The highest BCUT2D eigenvalue weighted by molar-refractivity contribution is 5.97. The summed E-state index contributed by atoms with van der Waals surface area (Å²) >= 11 is 0. The number of H-pyrrole nitrogens is 1. The fourth-order valence-corrected chi connectivity index (χ4v) is 3.73. The van der Waals surface area contributed by atoms with Crippen molar-refractivity contribution in [3.8, 4) is 34.1 Å². The molecule has 0 unspecified atom stereocenters. The molecular weight excluding hydrogens is 444 g/mol. The van der Waals surface area contributed by atoms with Crippen molar-refractivity contribution in [3.05, 3.63) is 84.1 Å². The number of hydrogen-bond donors (Lipinski definition) is 3. The highest BCUT2D eigenvalue weighted by Gasteiger charge is 2.15. The van der Waals surface area contributed by atoms with E-state index in [4.69, 9.17) is 4.74 Å². The maximum Gasteiger partial charge on any atom is 0.251 e. The lowest BCUT2D eigenvalue weighted by molar-refractivity contribution is 0.0950. The Morgan fingerprint density at radius 1 is 1.06 bits per heavy atom. The van der Waals surface area contributed by atoms with Gasteiger partial charge in [-0.05, 0) is 55.0 Å². The average Bonchev–Trinajstić information content (AvgIpc) is 3.31. The summed E-state index contributed by atoms with van der Waals surface area (Å²) in [4.78, 5) is 33.2. The zero-order chi connectivity index (χ0) is 24.4. The van der Waals surface area contributed by atoms with Crippen molar-refractivity contribution < 1.29 is 14.6 Å². The summed E-state index contributed by atoms with van der Waals surface area (Å²) < 4.78 is 5.37. The molecule has 0 fully saturated rings. The van der Waals surface area contributed by atoms with Crippen molar-refractivity contribution >= 4 is 16.9 Å². The van der Waals surface area contributed by atoms with Crippen LogP contribution in [0.4, 0.5) is 0 Å². The van der Waals surface area contributed by atoms with Gasteiger partial charge in [-0.15, -0.1) is 0 Å². The molecule has 0 aliphatic rings. The van der Waals surface area contributed by atoms with Crippen LogP contribution in [0.1, 0.15) is 21.7 Å². The number of phenolic OH excluding ortho intramolecular Hbond substituents is 1. The van der Waals surface area contributed by atoms with Crippen LogP contribution in [0, 0.1) is 6.92 Å². The van der Waals surface area contributed by atoms with Crippen molar-refractivity contribution in [3.63, 3.8) is 0 Å². The van der Waals surface area contributed by atoms with Crippen LogP contribution >= 0.6 is 0 Å². The van der Waals surface area contributed by atoms with E-state index in [1.807, 2.05) is 25.1 Å². The molecule has 0 aliphatic heterocycles. The third-order valence-corrected chi connectivity index (χ3v) is 5.54. The van der Waals surface area contributed by atoms with E-state index in [1.54, 1.807) is 56.0 Å². The first-order chi connectivity index (χ1) is 17.0. The normalized spacial score (nSPS) is 10.9. The van der Waals surface area contributed by atoms with Crippen LogP contribution in [0.2, 0.25) is 0 Å². The zero-order valence-corrected chi connectivity index (χ0v) is 19.1. The molecule has 1 amide bonds. The first-order valence-electron chi connectivity index (χ1n) is 10.9. The van der Waals surface area contributed by atoms with Crippen molar-refractivity contribution in [2.45, 2.75) is 13.5 Å². The van der Waals surface area contributed by atoms with Gasteiger partial charge in [0.15, 0.2) is 0 Å². The molecule has 3 N–H and O–H groups in total. The SMILES string of the molecule is COc1ncccc1-c1ccc(O)c(-c2nc3ccc(C(=O)NCc4cnc(C)cn4)cc3[nH]2)c1. The number of carbonyl (C=O) groups is 1. The second-order valence-electron chi connectivity index (χ2n) is 7.94. The maximum atomic E-state index is 12.7. The first kappa shape index (κ1) is 22.0. The Labute approximate surface area is 200 Å². The molecule has 3 aromatic heterocycles. The van der Waals surface area contributed by atoms with E-state index in [0.717, 1.165) is 16.8 Å². The number of rotatable bonds is 6. The van der Waals surface area contributed by atoms with Crippen LogP contribution in [0.15, 0.2) is 67.1 Å². The summed E-state index contributed by atoms with van der Waals surface area (Å²) in [6, 6.07) is 14.1. The number of benzene rings is 2. The summed E-state index contributed by atoms with van der Waals surface area (Å²) in [6.07, 6.45) is 4.96. The molecule has 9 nitrogen and oxygen atoms in total. The third kappa shape index (κ3) is 4.51. The van der Waals surface area contributed by atoms with Crippen LogP contribution in [0.25, 0.3) is 33.5 Å². The first-order valence-corrected chi connectivity index (χ1v) is 10.9. The smallest absolute Gasteiger partial charge is 0.251 e. The Kier molecular flexibility index (Phi) is 5.80. The number of nitrogens with one attached hydrogen (secondary N) is 2. The van der Waals surface area contributed by atoms with Crippen molar-refractivity contribution in [1.29, 1.82) is 0 Å². The molecule has 35 heavy (non-hydrogen) atoms. The molecule has 0 radical (unpaired) electrons. The number of phenols is 1. The molecule has 9 heteroatoms. The van der Waals surface area contributed by atoms with Crippen molar-refractivity contribution in [2.75, 3.05) is 7.11 Å². The number of aromatic nitrogens is 5. The Balaban J connectivity index is 1.42. The number of fused-ring (bicyclic) bond motifs is 1. The lowest BCUT2D eigenvalue weighted by atomic mass is 10.0. The van der Waals surface area contributed by atoms with Gasteiger partial charge in [0.05, 0.1) is 47.8 Å². The minimum atomic E-state index is -0.237. The van der Waals surface area contributed by atoms with Gasteiger partial charge in [-0.1, -0.05) is 6.07 Å². The average molecular weight is 467 g/mol. The van der Waals surface area contributed by atoms with Gasteiger partial charge in [-0.25, -0.2) is 9.97 Å². The molecular formula is C26H22N6O3. The molecule has 0 spiro atoms. The number of imidazole rings is 1. The van der Waals surface area contributed by atoms with Crippen LogP contribution in [-0.2, 0) is 6.54 Å². The Morgan fingerprint density at radius 3 is 2.74 bits per heavy atom. The molecule has 2 aromatic carbocycles. The fraction of sp³-hybridized carbons (Fsp3) is 0.115. The second-order valence-corrected chi connectivity index (χ2v) is 7.94. The number of aryl methyl sites for hydroxylation is 1. The molecule has 0 saturated heterocycles. The molecule has 5 rings (SSSR count). The van der Waals surface area contributed by atoms with E-state index >= 15 is 0 Å². The largest absolute Gasteiger partial charge is 0.507 e. The van der Waals surface area contributed by atoms with Gasteiger partial charge < -0.3 is 20.1 Å². The van der Waals surface area contributed by atoms with Crippen LogP contribution in [0.5, 0.6) is 11.6 Å².